The van der Waals surface area contributed by atoms with Crippen LogP contribution in [-0.2, 0) is 9.53 Å². The number of hydrogen-bond acceptors (Lipinski definition) is 4. The number of allylic oxidation sites excluding steroid dienone is 1. The molecule has 2 rings (SSSR count). The van der Waals surface area contributed by atoms with Crippen molar-refractivity contribution in [2.24, 2.45) is 0 Å². The van der Waals surface area contributed by atoms with Crippen LogP contribution in [0.4, 0.5) is 4.79 Å². The molecule has 1 heterocycles. The van der Waals surface area contributed by atoms with E-state index in [0.29, 0.717) is 24.3 Å². The lowest BCUT2D eigenvalue weighted by molar-refractivity contribution is -0.139. The fraction of sp³-hybridized carbons (Fsp3) is 0.583. The zero-order valence-corrected chi connectivity index (χ0v) is 20.5. The zero-order chi connectivity index (χ0) is 22.6. The molecule has 0 spiro atoms. The standard InChI is InChI=1S/C24H35BrN2O4/c1-4-7-8-9-10-11-12-15-31-20-14-13-17(16-18(20)25)22-21(23(28)30-6-3)19(5-2)26-24(29)27-22/h13-14,16,22H,4-12,15H2,1-3H3,(H2,26,27,29). The summed E-state index contributed by atoms with van der Waals surface area (Å²) in [5.41, 5.74) is 1.81. The Kier molecular flexibility index (Phi) is 10.9. The highest BCUT2D eigenvalue weighted by molar-refractivity contribution is 9.10. The number of halogens is 1. The first-order valence-electron chi connectivity index (χ1n) is 11.4. The van der Waals surface area contributed by atoms with Crippen LogP contribution < -0.4 is 15.4 Å². The number of esters is 1. The van der Waals surface area contributed by atoms with Gasteiger partial charge < -0.3 is 20.1 Å². The Hall–Kier alpha value is -2.02. The number of rotatable bonds is 13. The van der Waals surface area contributed by atoms with Gasteiger partial charge in [0.2, 0.25) is 0 Å². The predicted molar refractivity (Wildman–Crippen MR) is 126 cm³/mol. The number of unbranched alkanes of at least 4 members (excludes halogenated alkanes) is 6. The summed E-state index contributed by atoms with van der Waals surface area (Å²) in [6.07, 6.45) is 9.18. The van der Waals surface area contributed by atoms with Crippen LogP contribution in [-0.4, -0.2) is 25.2 Å². The van der Waals surface area contributed by atoms with Gasteiger partial charge in [-0.15, -0.1) is 0 Å². The van der Waals surface area contributed by atoms with E-state index in [0.717, 1.165) is 22.2 Å². The normalized spacial score (nSPS) is 16.0. The van der Waals surface area contributed by atoms with Crippen LogP contribution in [0.25, 0.3) is 0 Å². The first-order valence-corrected chi connectivity index (χ1v) is 12.2. The third-order valence-electron chi connectivity index (χ3n) is 5.30. The summed E-state index contributed by atoms with van der Waals surface area (Å²) in [5, 5.41) is 5.57. The van der Waals surface area contributed by atoms with Crippen molar-refractivity contribution in [2.75, 3.05) is 13.2 Å². The molecule has 1 atom stereocenters. The Balaban J connectivity index is 2.03. The predicted octanol–water partition coefficient (Wildman–Crippen LogP) is 6.16. The Labute approximate surface area is 194 Å². The molecule has 1 aromatic carbocycles. The second-order valence-electron chi connectivity index (χ2n) is 7.66. The van der Waals surface area contributed by atoms with E-state index in [-0.39, 0.29) is 12.6 Å². The van der Waals surface area contributed by atoms with Crippen molar-refractivity contribution in [1.29, 1.82) is 0 Å². The molecule has 2 amide bonds. The van der Waals surface area contributed by atoms with Crippen molar-refractivity contribution in [3.63, 3.8) is 0 Å². The topological polar surface area (TPSA) is 76.7 Å². The molecule has 1 aromatic rings. The van der Waals surface area contributed by atoms with Crippen LogP contribution in [0.5, 0.6) is 5.75 Å². The largest absolute Gasteiger partial charge is 0.492 e. The molecule has 0 bridgehead atoms. The summed E-state index contributed by atoms with van der Waals surface area (Å²) in [7, 11) is 0. The lowest BCUT2D eigenvalue weighted by Crippen LogP contribution is -2.45. The number of nitrogens with one attached hydrogen (secondary N) is 2. The Morgan fingerprint density at radius 3 is 2.42 bits per heavy atom. The molecule has 7 heteroatoms. The number of carbonyl (C=O) groups excluding carboxylic acids is 2. The zero-order valence-electron chi connectivity index (χ0n) is 18.9. The molecule has 0 aliphatic carbocycles. The van der Waals surface area contributed by atoms with Gasteiger partial charge in [0.25, 0.3) is 0 Å². The molecule has 1 aliphatic heterocycles. The highest BCUT2D eigenvalue weighted by Gasteiger charge is 2.33. The van der Waals surface area contributed by atoms with E-state index in [1.807, 2.05) is 25.1 Å². The third kappa shape index (κ3) is 7.56. The SMILES string of the molecule is CCCCCCCCCOc1ccc(C2NC(=O)NC(CC)=C2C(=O)OCC)cc1Br. The third-order valence-corrected chi connectivity index (χ3v) is 5.92. The van der Waals surface area contributed by atoms with Gasteiger partial charge in [0.15, 0.2) is 0 Å². The quantitative estimate of drug-likeness (QED) is 0.254. The lowest BCUT2D eigenvalue weighted by Gasteiger charge is -2.29. The fourth-order valence-corrected chi connectivity index (χ4v) is 4.16. The fourth-order valence-electron chi connectivity index (χ4n) is 3.65. The summed E-state index contributed by atoms with van der Waals surface area (Å²) in [5.74, 6) is 0.333. The molecule has 1 aliphatic rings. The van der Waals surface area contributed by atoms with Crippen LogP contribution in [0.1, 0.15) is 83.7 Å². The van der Waals surface area contributed by atoms with Gasteiger partial charge in [0, 0.05) is 5.70 Å². The number of benzene rings is 1. The van der Waals surface area contributed by atoms with Crippen molar-refractivity contribution in [3.8, 4) is 5.75 Å². The van der Waals surface area contributed by atoms with Gasteiger partial charge in [-0.25, -0.2) is 9.59 Å². The smallest absolute Gasteiger partial charge is 0.338 e. The van der Waals surface area contributed by atoms with Crippen molar-refractivity contribution < 1.29 is 19.1 Å². The molecule has 0 aromatic heterocycles. The Morgan fingerprint density at radius 1 is 1.06 bits per heavy atom. The van der Waals surface area contributed by atoms with Crippen molar-refractivity contribution in [1.82, 2.24) is 10.6 Å². The minimum Gasteiger partial charge on any atom is -0.492 e. The second kappa shape index (κ2) is 13.4. The van der Waals surface area contributed by atoms with E-state index in [9.17, 15) is 9.59 Å². The number of hydrogen-bond donors (Lipinski definition) is 2. The summed E-state index contributed by atoms with van der Waals surface area (Å²) in [6.45, 7) is 6.83. The van der Waals surface area contributed by atoms with E-state index in [4.69, 9.17) is 9.47 Å². The van der Waals surface area contributed by atoms with Gasteiger partial charge in [-0.3, -0.25) is 0 Å². The maximum atomic E-state index is 12.6. The van der Waals surface area contributed by atoms with Crippen molar-refractivity contribution >= 4 is 27.9 Å². The highest BCUT2D eigenvalue weighted by atomic mass is 79.9. The average Bonchev–Trinajstić information content (AvgIpc) is 2.75. The van der Waals surface area contributed by atoms with Crippen LogP contribution in [0.15, 0.2) is 33.9 Å². The maximum absolute atomic E-state index is 12.6. The van der Waals surface area contributed by atoms with Gasteiger partial charge in [0.05, 0.1) is 29.3 Å². The molecular formula is C24H35BrN2O4. The van der Waals surface area contributed by atoms with Crippen LogP contribution in [0.2, 0.25) is 0 Å². The highest BCUT2D eigenvalue weighted by Crippen LogP contribution is 2.34. The summed E-state index contributed by atoms with van der Waals surface area (Å²) < 4.78 is 12.0. The van der Waals surface area contributed by atoms with Crippen LogP contribution in [0, 0.1) is 0 Å². The maximum Gasteiger partial charge on any atom is 0.338 e. The van der Waals surface area contributed by atoms with E-state index >= 15 is 0 Å². The molecule has 0 radical (unpaired) electrons. The molecule has 0 fully saturated rings. The van der Waals surface area contributed by atoms with Crippen molar-refractivity contribution in [2.45, 2.75) is 78.2 Å². The molecule has 0 saturated heterocycles. The molecule has 1 unspecified atom stereocenters. The Bertz CT molecular complexity index is 779. The summed E-state index contributed by atoms with van der Waals surface area (Å²) >= 11 is 3.57. The minimum absolute atomic E-state index is 0.273. The minimum atomic E-state index is -0.573. The van der Waals surface area contributed by atoms with Gasteiger partial charge in [-0.1, -0.05) is 58.4 Å². The number of carbonyl (C=O) groups is 2. The van der Waals surface area contributed by atoms with E-state index in [2.05, 4.69) is 33.5 Å². The summed E-state index contributed by atoms with van der Waals surface area (Å²) in [6, 6.07) is 4.75. The number of amides is 2. The lowest BCUT2D eigenvalue weighted by atomic mass is 9.94. The van der Waals surface area contributed by atoms with Gasteiger partial charge in [-0.2, -0.15) is 0 Å². The second-order valence-corrected chi connectivity index (χ2v) is 8.51. The molecular weight excluding hydrogens is 460 g/mol. The Morgan fingerprint density at radius 2 is 1.77 bits per heavy atom. The van der Waals surface area contributed by atoms with Gasteiger partial charge in [0.1, 0.15) is 5.75 Å². The van der Waals surface area contributed by atoms with E-state index in [1.54, 1.807) is 6.92 Å². The van der Waals surface area contributed by atoms with Crippen LogP contribution >= 0.6 is 15.9 Å². The van der Waals surface area contributed by atoms with E-state index < -0.39 is 12.0 Å². The molecule has 6 nitrogen and oxygen atoms in total. The van der Waals surface area contributed by atoms with E-state index in [1.165, 1.54) is 38.5 Å². The number of ether oxygens (including phenoxy) is 2. The monoisotopic (exact) mass is 494 g/mol. The molecule has 0 saturated carbocycles. The van der Waals surface area contributed by atoms with Crippen molar-refractivity contribution in [3.05, 3.63) is 39.5 Å². The molecule has 31 heavy (non-hydrogen) atoms. The van der Waals surface area contributed by atoms with Gasteiger partial charge >= 0.3 is 12.0 Å². The first kappa shape index (κ1) is 25.2. The average molecular weight is 495 g/mol. The number of urea groups is 1. The first-order chi connectivity index (χ1) is 15.0. The molecule has 172 valence electrons. The summed E-state index contributed by atoms with van der Waals surface area (Å²) in [4.78, 5) is 24.7. The van der Waals surface area contributed by atoms with Gasteiger partial charge in [-0.05, 0) is 53.4 Å². The van der Waals surface area contributed by atoms with Crippen LogP contribution in [0.3, 0.4) is 0 Å². The molecule has 2 N–H and O–H groups in total.